The maximum absolute atomic E-state index is 11.0. The van der Waals surface area contributed by atoms with Crippen LogP contribution in [0.25, 0.3) is 11.4 Å². The maximum atomic E-state index is 11.0. The second-order valence-corrected chi connectivity index (χ2v) is 5.97. The van der Waals surface area contributed by atoms with Crippen LogP contribution in [0.3, 0.4) is 0 Å². The fraction of sp³-hybridized carbons (Fsp3) is 0.222. The molecule has 2 aromatic heterocycles. The minimum Gasteiger partial charge on any atom is -0.258 e. The molecule has 0 bridgehead atoms. The Morgan fingerprint density at radius 3 is 2.47 bits per heavy atom. The molecule has 2 aromatic rings. The lowest BCUT2D eigenvalue weighted by Crippen LogP contribution is -1.94. The standard InChI is InChI=1S/C9H9ClN4O2S/c1-5-3-4-7(6(2)11-5)8-12-9(14-13-8)17(10,15)16/h3-4H,1-2H3,(H,12,13,14). The molecule has 0 saturated heterocycles. The van der Waals surface area contributed by atoms with Crippen LogP contribution in [-0.4, -0.2) is 28.6 Å². The van der Waals surface area contributed by atoms with E-state index >= 15 is 0 Å². The van der Waals surface area contributed by atoms with Gasteiger partial charge in [0.1, 0.15) is 0 Å². The molecule has 0 aliphatic carbocycles. The van der Waals surface area contributed by atoms with Crippen molar-refractivity contribution < 1.29 is 8.42 Å². The van der Waals surface area contributed by atoms with Crippen LogP contribution in [0.4, 0.5) is 0 Å². The Hall–Kier alpha value is -1.47. The Morgan fingerprint density at radius 1 is 1.24 bits per heavy atom. The van der Waals surface area contributed by atoms with Gasteiger partial charge in [0.25, 0.3) is 14.2 Å². The third-order valence-corrected chi connectivity index (χ3v) is 3.24. The van der Waals surface area contributed by atoms with E-state index in [2.05, 4.69) is 20.2 Å². The van der Waals surface area contributed by atoms with E-state index in [1.54, 1.807) is 19.1 Å². The van der Waals surface area contributed by atoms with Gasteiger partial charge in [0, 0.05) is 27.6 Å². The van der Waals surface area contributed by atoms with Crippen molar-refractivity contribution in [3.05, 3.63) is 23.5 Å². The highest BCUT2D eigenvalue weighted by Crippen LogP contribution is 2.20. The summed E-state index contributed by atoms with van der Waals surface area (Å²) in [6.07, 6.45) is 0. The van der Waals surface area contributed by atoms with Crippen LogP contribution in [0, 0.1) is 13.8 Å². The average Bonchev–Trinajstić information content (AvgIpc) is 2.65. The monoisotopic (exact) mass is 272 g/mol. The van der Waals surface area contributed by atoms with Crippen LogP contribution in [0.5, 0.6) is 0 Å². The number of aryl methyl sites for hydroxylation is 2. The normalized spacial score (nSPS) is 11.7. The molecule has 0 aliphatic rings. The Kier molecular flexibility index (Phi) is 2.88. The van der Waals surface area contributed by atoms with Crippen molar-refractivity contribution in [1.29, 1.82) is 0 Å². The van der Waals surface area contributed by atoms with Gasteiger partial charge in [0.15, 0.2) is 5.82 Å². The summed E-state index contributed by atoms with van der Waals surface area (Å²) in [6, 6.07) is 3.58. The van der Waals surface area contributed by atoms with Gasteiger partial charge in [-0.05, 0) is 26.0 Å². The molecule has 0 saturated carbocycles. The fourth-order valence-electron chi connectivity index (χ4n) is 1.40. The first-order valence-electron chi connectivity index (χ1n) is 4.69. The van der Waals surface area contributed by atoms with Crippen molar-refractivity contribution in [3.63, 3.8) is 0 Å². The lowest BCUT2D eigenvalue weighted by Gasteiger charge is -2.00. The van der Waals surface area contributed by atoms with E-state index in [-0.39, 0.29) is 11.0 Å². The molecule has 2 rings (SSSR count). The zero-order valence-corrected chi connectivity index (χ0v) is 10.7. The number of aromatic nitrogens is 4. The topological polar surface area (TPSA) is 88.6 Å². The molecule has 6 nitrogen and oxygen atoms in total. The molecular weight excluding hydrogens is 264 g/mol. The summed E-state index contributed by atoms with van der Waals surface area (Å²) in [5.41, 5.74) is 2.26. The van der Waals surface area contributed by atoms with Gasteiger partial charge in [-0.15, -0.1) is 0 Å². The van der Waals surface area contributed by atoms with E-state index in [0.29, 0.717) is 5.56 Å². The van der Waals surface area contributed by atoms with Crippen molar-refractivity contribution in [2.45, 2.75) is 19.0 Å². The van der Waals surface area contributed by atoms with E-state index < -0.39 is 9.05 Å². The highest BCUT2D eigenvalue weighted by molar-refractivity contribution is 8.13. The highest BCUT2D eigenvalue weighted by Gasteiger charge is 2.17. The zero-order chi connectivity index (χ0) is 12.6. The van der Waals surface area contributed by atoms with Gasteiger partial charge >= 0.3 is 0 Å². The lowest BCUT2D eigenvalue weighted by molar-refractivity contribution is 0.602. The Balaban J connectivity index is 2.51. The smallest absolute Gasteiger partial charge is 0.258 e. The first kappa shape index (κ1) is 12.0. The molecule has 0 unspecified atom stereocenters. The summed E-state index contributed by atoms with van der Waals surface area (Å²) in [6.45, 7) is 3.66. The number of halogens is 1. The second kappa shape index (κ2) is 4.08. The molecule has 2 heterocycles. The molecule has 0 fully saturated rings. The van der Waals surface area contributed by atoms with Gasteiger partial charge < -0.3 is 0 Å². The van der Waals surface area contributed by atoms with Crippen LogP contribution >= 0.6 is 10.7 Å². The Morgan fingerprint density at radius 2 is 1.94 bits per heavy atom. The van der Waals surface area contributed by atoms with E-state index in [1.807, 2.05) is 6.92 Å². The molecule has 8 heteroatoms. The molecule has 0 amide bonds. The van der Waals surface area contributed by atoms with Gasteiger partial charge in [-0.3, -0.25) is 4.98 Å². The van der Waals surface area contributed by atoms with Crippen LogP contribution in [0.2, 0.25) is 0 Å². The first-order chi connectivity index (χ1) is 7.88. The number of nitrogens with one attached hydrogen (secondary N) is 1. The Bertz CT molecular complexity index is 665. The van der Waals surface area contributed by atoms with Gasteiger partial charge in [-0.25, -0.2) is 13.5 Å². The quantitative estimate of drug-likeness (QED) is 0.835. The predicted octanol–water partition coefficient (Wildman–Crippen LogP) is 1.41. The lowest BCUT2D eigenvalue weighted by atomic mass is 10.2. The minimum absolute atomic E-state index is 0.259. The van der Waals surface area contributed by atoms with E-state index in [0.717, 1.165) is 11.4 Å². The van der Waals surface area contributed by atoms with E-state index in [1.165, 1.54) is 0 Å². The fourth-order valence-corrected chi connectivity index (χ4v) is 1.96. The summed E-state index contributed by atoms with van der Waals surface area (Å²) in [4.78, 5) is 8.06. The molecule has 90 valence electrons. The summed E-state index contributed by atoms with van der Waals surface area (Å²) < 4.78 is 22.1. The number of hydrogen-bond donors (Lipinski definition) is 1. The zero-order valence-electron chi connectivity index (χ0n) is 9.10. The highest BCUT2D eigenvalue weighted by atomic mass is 35.7. The molecule has 1 N–H and O–H groups in total. The number of aromatic amines is 1. The number of H-pyrrole nitrogens is 1. The molecular formula is C9H9ClN4O2S. The summed E-state index contributed by atoms with van der Waals surface area (Å²) in [5.74, 6) is 0.259. The third-order valence-electron chi connectivity index (χ3n) is 2.16. The van der Waals surface area contributed by atoms with Crippen LogP contribution < -0.4 is 0 Å². The van der Waals surface area contributed by atoms with Crippen molar-refractivity contribution in [2.75, 3.05) is 0 Å². The van der Waals surface area contributed by atoms with Gasteiger partial charge in [0.2, 0.25) is 0 Å². The minimum atomic E-state index is -3.89. The number of nitrogens with zero attached hydrogens (tertiary/aromatic N) is 3. The summed E-state index contributed by atoms with van der Waals surface area (Å²) in [7, 11) is 1.26. The molecule has 0 atom stereocenters. The van der Waals surface area contributed by atoms with Crippen LogP contribution in [0.1, 0.15) is 11.4 Å². The van der Waals surface area contributed by atoms with Crippen molar-refractivity contribution >= 4 is 19.7 Å². The SMILES string of the molecule is Cc1ccc(-c2n[nH]c(S(=O)(=O)Cl)n2)c(C)n1. The molecule has 17 heavy (non-hydrogen) atoms. The largest absolute Gasteiger partial charge is 0.296 e. The molecule has 0 aromatic carbocycles. The van der Waals surface area contributed by atoms with Gasteiger partial charge in [-0.1, -0.05) is 0 Å². The van der Waals surface area contributed by atoms with Crippen LogP contribution in [0.15, 0.2) is 17.3 Å². The van der Waals surface area contributed by atoms with Gasteiger partial charge in [-0.2, -0.15) is 10.1 Å². The summed E-state index contributed by atoms with van der Waals surface area (Å²) >= 11 is 0. The van der Waals surface area contributed by atoms with Gasteiger partial charge in [0.05, 0.1) is 0 Å². The second-order valence-electron chi connectivity index (χ2n) is 3.49. The van der Waals surface area contributed by atoms with E-state index in [4.69, 9.17) is 10.7 Å². The van der Waals surface area contributed by atoms with Crippen molar-refractivity contribution in [1.82, 2.24) is 20.2 Å². The van der Waals surface area contributed by atoms with Crippen molar-refractivity contribution in [3.8, 4) is 11.4 Å². The molecule has 0 radical (unpaired) electrons. The number of hydrogen-bond acceptors (Lipinski definition) is 5. The Labute approximate surface area is 102 Å². The third kappa shape index (κ3) is 2.45. The van der Waals surface area contributed by atoms with E-state index in [9.17, 15) is 8.42 Å². The predicted molar refractivity (Wildman–Crippen MR) is 62.1 cm³/mol. The molecule has 0 spiro atoms. The summed E-state index contributed by atoms with van der Waals surface area (Å²) in [5, 5.41) is 5.71. The molecule has 0 aliphatic heterocycles. The maximum Gasteiger partial charge on any atom is 0.296 e. The van der Waals surface area contributed by atoms with Crippen LogP contribution in [-0.2, 0) is 9.05 Å². The van der Waals surface area contributed by atoms with Crippen molar-refractivity contribution in [2.24, 2.45) is 0 Å². The number of rotatable bonds is 2. The average molecular weight is 273 g/mol. The number of pyridine rings is 1. The first-order valence-corrected chi connectivity index (χ1v) is 7.00.